The number of para-hydroxylation sites is 2. The minimum absolute atomic E-state index is 0.340. The summed E-state index contributed by atoms with van der Waals surface area (Å²) in [6, 6.07) is 11.8. The first-order valence-electron chi connectivity index (χ1n) is 11.0. The lowest BCUT2D eigenvalue weighted by Crippen LogP contribution is -2.52. The molecule has 0 saturated carbocycles. The van der Waals surface area contributed by atoms with Gasteiger partial charge >= 0.3 is 0 Å². The van der Waals surface area contributed by atoms with Crippen LogP contribution in [0.2, 0.25) is 0 Å². The smallest absolute Gasteiger partial charge is 0.194 e. The Balaban J connectivity index is 1.31. The molecular formula is C23H33N7O. The molecule has 1 aromatic carbocycles. The van der Waals surface area contributed by atoms with Gasteiger partial charge in [-0.1, -0.05) is 12.1 Å². The molecule has 0 unspecified atom stereocenters. The molecule has 4 rings (SSSR count). The molecule has 0 amide bonds. The number of aliphatic imine (C=N–C) groups is 1. The van der Waals surface area contributed by atoms with Crippen LogP contribution in [0.25, 0.3) is 0 Å². The minimum Gasteiger partial charge on any atom is -0.506 e. The molecule has 2 fully saturated rings. The Kier molecular flexibility index (Phi) is 6.76. The molecule has 0 bridgehead atoms. The van der Waals surface area contributed by atoms with Crippen LogP contribution in [-0.4, -0.2) is 92.3 Å². The third-order valence-corrected chi connectivity index (χ3v) is 6.10. The van der Waals surface area contributed by atoms with Gasteiger partial charge in [-0.05, 0) is 36.9 Å². The maximum atomic E-state index is 10.1. The second kappa shape index (κ2) is 9.87. The van der Waals surface area contributed by atoms with E-state index in [2.05, 4.69) is 54.1 Å². The minimum atomic E-state index is 0.340. The average molecular weight is 424 g/mol. The summed E-state index contributed by atoms with van der Waals surface area (Å²) in [6.07, 6.45) is 1.90. The Bertz CT molecular complexity index is 887. The number of guanidine groups is 1. The van der Waals surface area contributed by atoms with Gasteiger partial charge in [0.25, 0.3) is 0 Å². The Morgan fingerprint density at radius 2 is 1.71 bits per heavy atom. The fourth-order valence-corrected chi connectivity index (χ4v) is 4.18. The van der Waals surface area contributed by atoms with E-state index >= 15 is 0 Å². The van der Waals surface area contributed by atoms with Gasteiger partial charge in [-0.2, -0.15) is 0 Å². The molecule has 8 nitrogen and oxygen atoms in total. The van der Waals surface area contributed by atoms with Crippen LogP contribution in [0.3, 0.4) is 0 Å². The summed E-state index contributed by atoms with van der Waals surface area (Å²) in [5.74, 6) is 2.31. The number of pyridine rings is 1. The molecule has 0 radical (unpaired) electrons. The zero-order chi connectivity index (χ0) is 21.6. The van der Waals surface area contributed by atoms with E-state index in [1.165, 1.54) is 5.56 Å². The summed E-state index contributed by atoms with van der Waals surface area (Å²) < 4.78 is 0. The molecule has 166 valence electrons. The van der Waals surface area contributed by atoms with Crippen LogP contribution in [0.1, 0.15) is 5.56 Å². The van der Waals surface area contributed by atoms with Crippen LogP contribution < -0.4 is 15.1 Å². The van der Waals surface area contributed by atoms with Crippen LogP contribution in [0.4, 0.5) is 11.5 Å². The lowest BCUT2D eigenvalue weighted by Gasteiger charge is -2.37. The number of benzene rings is 1. The van der Waals surface area contributed by atoms with Gasteiger partial charge in [0.2, 0.25) is 0 Å². The summed E-state index contributed by atoms with van der Waals surface area (Å²) >= 11 is 0. The van der Waals surface area contributed by atoms with E-state index in [1.807, 2.05) is 31.4 Å². The number of likely N-dealkylation sites (N-methyl/N-ethyl adjacent to an activating group) is 1. The van der Waals surface area contributed by atoms with Gasteiger partial charge in [-0.15, -0.1) is 0 Å². The summed E-state index contributed by atoms with van der Waals surface area (Å²) in [7, 11) is 4.00. The highest BCUT2D eigenvalue weighted by Crippen LogP contribution is 2.27. The monoisotopic (exact) mass is 423 g/mol. The topological polar surface area (TPSA) is 70.5 Å². The fraction of sp³-hybridized carbons (Fsp3) is 0.478. The second-order valence-corrected chi connectivity index (χ2v) is 8.18. The van der Waals surface area contributed by atoms with Gasteiger partial charge in [0.1, 0.15) is 11.6 Å². The fourth-order valence-electron chi connectivity index (χ4n) is 4.18. The Labute approximate surface area is 184 Å². The number of nitrogens with one attached hydrogen (secondary N) is 1. The number of aromatic hydroxyl groups is 1. The molecule has 1 aromatic heterocycles. The maximum Gasteiger partial charge on any atom is 0.194 e. The molecule has 2 saturated heterocycles. The highest BCUT2D eigenvalue weighted by Gasteiger charge is 2.21. The molecule has 2 aliphatic heterocycles. The van der Waals surface area contributed by atoms with Gasteiger partial charge in [0.05, 0.1) is 5.69 Å². The van der Waals surface area contributed by atoms with Gasteiger partial charge in [-0.25, -0.2) is 4.98 Å². The maximum absolute atomic E-state index is 10.1. The molecule has 31 heavy (non-hydrogen) atoms. The number of aromatic nitrogens is 1. The first-order chi connectivity index (χ1) is 15.1. The molecule has 0 spiro atoms. The molecule has 2 aromatic rings. The SMILES string of the molecule is CN=C(NCc1ccnc(N2CCN(C)CC2)c1)N1CCN(c2ccccc2O)CC1. The zero-order valence-corrected chi connectivity index (χ0v) is 18.5. The molecule has 2 aliphatic rings. The number of piperazine rings is 2. The van der Waals surface area contributed by atoms with Crippen molar-refractivity contribution < 1.29 is 5.11 Å². The van der Waals surface area contributed by atoms with E-state index in [0.717, 1.165) is 76.4 Å². The van der Waals surface area contributed by atoms with Gasteiger partial charge in [0, 0.05) is 72.1 Å². The van der Waals surface area contributed by atoms with E-state index in [0.29, 0.717) is 5.75 Å². The quantitative estimate of drug-likeness (QED) is 0.570. The standard InChI is InChI=1S/C23H33N7O/c1-24-23(30-15-13-28(14-16-30)20-5-3-4-6-21(20)31)26-18-19-7-8-25-22(17-19)29-11-9-27(2)10-12-29/h3-8,17,31H,9-16,18H2,1-2H3,(H,24,26). The average Bonchev–Trinajstić information content (AvgIpc) is 2.81. The Morgan fingerprint density at radius 3 is 2.42 bits per heavy atom. The van der Waals surface area contributed by atoms with Crippen LogP contribution in [0.5, 0.6) is 5.75 Å². The van der Waals surface area contributed by atoms with Gasteiger partial charge in [-0.3, -0.25) is 4.99 Å². The van der Waals surface area contributed by atoms with E-state index in [9.17, 15) is 5.11 Å². The molecule has 2 N–H and O–H groups in total. The number of phenolic OH excluding ortho intramolecular Hbond substituents is 1. The predicted molar refractivity (Wildman–Crippen MR) is 126 cm³/mol. The van der Waals surface area contributed by atoms with Crippen molar-refractivity contribution in [1.82, 2.24) is 20.1 Å². The lowest BCUT2D eigenvalue weighted by atomic mass is 10.2. The van der Waals surface area contributed by atoms with Crippen molar-refractivity contribution in [2.24, 2.45) is 4.99 Å². The highest BCUT2D eigenvalue weighted by atomic mass is 16.3. The van der Waals surface area contributed by atoms with Crippen molar-refractivity contribution in [1.29, 1.82) is 0 Å². The number of anilines is 2. The third kappa shape index (κ3) is 5.19. The highest BCUT2D eigenvalue weighted by molar-refractivity contribution is 5.80. The van der Waals surface area contributed by atoms with E-state index in [4.69, 9.17) is 0 Å². The normalized spacial score (nSPS) is 18.4. The summed E-state index contributed by atoms with van der Waals surface area (Å²) in [5.41, 5.74) is 2.11. The first-order valence-corrected chi connectivity index (χ1v) is 11.0. The van der Waals surface area contributed by atoms with Crippen molar-refractivity contribution in [3.05, 3.63) is 48.2 Å². The third-order valence-electron chi connectivity index (χ3n) is 6.10. The zero-order valence-electron chi connectivity index (χ0n) is 18.5. The van der Waals surface area contributed by atoms with Crippen molar-refractivity contribution in [2.75, 3.05) is 76.3 Å². The molecule has 3 heterocycles. The Morgan fingerprint density at radius 1 is 1.00 bits per heavy atom. The summed E-state index contributed by atoms with van der Waals surface area (Å²) in [6.45, 7) is 8.31. The second-order valence-electron chi connectivity index (χ2n) is 8.18. The molecule has 8 heteroatoms. The number of phenols is 1. The Hall–Kier alpha value is -3.00. The number of hydrogen-bond donors (Lipinski definition) is 2. The van der Waals surface area contributed by atoms with Gasteiger partial charge < -0.3 is 30.0 Å². The van der Waals surface area contributed by atoms with Crippen LogP contribution in [0.15, 0.2) is 47.6 Å². The van der Waals surface area contributed by atoms with Crippen molar-refractivity contribution in [2.45, 2.75) is 6.54 Å². The van der Waals surface area contributed by atoms with Crippen LogP contribution in [0, 0.1) is 0 Å². The number of rotatable bonds is 4. The summed E-state index contributed by atoms with van der Waals surface area (Å²) in [4.78, 5) is 18.3. The van der Waals surface area contributed by atoms with E-state index < -0.39 is 0 Å². The van der Waals surface area contributed by atoms with Crippen LogP contribution >= 0.6 is 0 Å². The van der Waals surface area contributed by atoms with Crippen molar-refractivity contribution in [3.63, 3.8) is 0 Å². The first kappa shape index (κ1) is 21.2. The predicted octanol–water partition coefficient (Wildman–Crippen LogP) is 1.44. The number of hydrogen-bond acceptors (Lipinski definition) is 6. The molecule has 0 atom stereocenters. The van der Waals surface area contributed by atoms with Crippen LogP contribution in [-0.2, 0) is 6.54 Å². The van der Waals surface area contributed by atoms with Crippen molar-refractivity contribution >= 4 is 17.5 Å². The van der Waals surface area contributed by atoms with Gasteiger partial charge in [0.15, 0.2) is 5.96 Å². The summed E-state index contributed by atoms with van der Waals surface area (Å²) in [5, 5.41) is 13.6. The lowest BCUT2D eigenvalue weighted by molar-refractivity contribution is 0.312. The molecule has 0 aliphatic carbocycles. The van der Waals surface area contributed by atoms with Crippen molar-refractivity contribution in [3.8, 4) is 5.75 Å². The van der Waals surface area contributed by atoms with E-state index in [1.54, 1.807) is 6.07 Å². The largest absolute Gasteiger partial charge is 0.506 e. The van der Waals surface area contributed by atoms with E-state index in [-0.39, 0.29) is 0 Å². The number of nitrogens with zero attached hydrogens (tertiary/aromatic N) is 6. The molecular weight excluding hydrogens is 390 g/mol.